The Hall–Kier alpha value is 0.480. The molecule has 14 heavy (non-hydrogen) atoms. The molecule has 1 rings (SSSR count). The third-order valence-electron chi connectivity index (χ3n) is 1.66. The predicted octanol–water partition coefficient (Wildman–Crippen LogP) is 3.07. The topological polar surface area (TPSA) is 32.3 Å². The molecular weight excluding hydrogens is 380 g/mol. The van der Waals surface area contributed by atoms with Crippen molar-refractivity contribution in [2.45, 2.75) is 6.10 Å². The first kappa shape index (κ1) is 12.5. The zero-order valence-corrected chi connectivity index (χ0v) is 11.8. The van der Waals surface area contributed by atoms with E-state index in [4.69, 9.17) is 11.6 Å². The molecule has 78 valence electrons. The van der Waals surface area contributed by atoms with Gasteiger partial charge in [-0.05, 0) is 50.7 Å². The van der Waals surface area contributed by atoms with Crippen LogP contribution in [-0.4, -0.2) is 23.6 Å². The molecule has 0 amide bonds. The zero-order valence-electron chi connectivity index (χ0n) is 7.30. The van der Waals surface area contributed by atoms with E-state index in [0.717, 1.165) is 13.7 Å². The number of anilines is 1. The van der Waals surface area contributed by atoms with Gasteiger partial charge >= 0.3 is 0 Å². The summed E-state index contributed by atoms with van der Waals surface area (Å²) in [4.78, 5) is 0. The number of aliphatic hydroxyl groups excluding tert-OH is 1. The Morgan fingerprint density at radius 2 is 2.29 bits per heavy atom. The van der Waals surface area contributed by atoms with Crippen LogP contribution in [0.5, 0.6) is 0 Å². The number of alkyl halides is 1. The molecule has 0 saturated carbocycles. The third-order valence-corrected chi connectivity index (χ3v) is 4.51. The maximum Gasteiger partial charge on any atom is 0.0847 e. The Balaban J connectivity index is 2.63. The van der Waals surface area contributed by atoms with E-state index in [0.29, 0.717) is 6.54 Å². The highest BCUT2D eigenvalue weighted by atomic mass is 127. The number of halogens is 3. The summed E-state index contributed by atoms with van der Waals surface area (Å²) < 4.78 is 2.15. The fourth-order valence-corrected chi connectivity index (χ4v) is 1.93. The molecular formula is C9H10BrClINO. The summed E-state index contributed by atoms with van der Waals surface area (Å²) in [7, 11) is 0. The monoisotopic (exact) mass is 389 g/mol. The van der Waals surface area contributed by atoms with Gasteiger partial charge in [-0.15, -0.1) is 11.6 Å². The van der Waals surface area contributed by atoms with Crippen LogP contribution in [0.1, 0.15) is 0 Å². The molecule has 0 radical (unpaired) electrons. The number of hydrogen-bond acceptors (Lipinski definition) is 2. The lowest BCUT2D eigenvalue weighted by atomic mass is 10.3. The number of rotatable bonds is 4. The molecule has 1 aromatic carbocycles. The largest absolute Gasteiger partial charge is 0.390 e. The van der Waals surface area contributed by atoms with Crippen molar-refractivity contribution in [3.8, 4) is 0 Å². The lowest BCUT2D eigenvalue weighted by molar-refractivity contribution is 0.211. The zero-order chi connectivity index (χ0) is 10.6. The highest BCUT2D eigenvalue weighted by Gasteiger charge is 2.05. The van der Waals surface area contributed by atoms with Crippen molar-refractivity contribution in [2.24, 2.45) is 0 Å². The standard InChI is InChI=1S/C9H10BrClINO/c10-9-7(12)2-1-3-8(9)13-5-6(14)4-11/h1-3,6,13-14H,4-5H2. The maximum atomic E-state index is 9.27. The third kappa shape index (κ3) is 3.56. The summed E-state index contributed by atoms with van der Waals surface area (Å²) in [5.41, 5.74) is 0.973. The SMILES string of the molecule is OC(CCl)CNc1cccc(I)c1Br. The molecule has 5 heteroatoms. The molecule has 2 N–H and O–H groups in total. The molecule has 0 aliphatic rings. The average molecular weight is 390 g/mol. The van der Waals surface area contributed by atoms with Crippen molar-refractivity contribution in [3.63, 3.8) is 0 Å². The summed E-state index contributed by atoms with van der Waals surface area (Å²) in [6.07, 6.45) is -0.513. The van der Waals surface area contributed by atoms with Crippen LogP contribution in [-0.2, 0) is 0 Å². The Morgan fingerprint density at radius 1 is 1.57 bits per heavy atom. The van der Waals surface area contributed by atoms with Crippen molar-refractivity contribution >= 4 is 55.8 Å². The number of hydrogen-bond donors (Lipinski definition) is 2. The normalized spacial score (nSPS) is 12.6. The van der Waals surface area contributed by atoms with Crippen LogP contribution in [0.3, 0.4) is 0 Å². The molecule has 2 nitrogen and oxygen atoms in total. The first-order chi connectivity index (χ1) is 6.65. The number of benzene rings is 1. The Labute approximate surface area is 110 Å². The van der Waals surface area contributed by atoms with E-state index in [2.05, 4.69) is 43.8 Å². The summed E-state index contributed by atoms with van der Waals surface area (Å²) in [5.74, 6) is 0.245. The Bertz CT molecular complexity index is 311. The molecule has 0 aliphatic heterocycles. The Morgan fingerprint density at radius 3 is 2.93 bits per heavy atom. The Kier molecular flexibility index (Phi) is 5.51. The second kappa shape index (κ2) is 6.15. The molecule has 0 aliphatic carbocycles. The molecule has 0 bridgehead atoms. The first-order valence-electron chi connectivity index (χ1n) is 4.07. The van der Waals surface area contributed by atoms with Crippen molar-refractivity contribution in [3.05, 3.63) is 26.2 Å². The van der Waals surface area contributed by atoms with E-state index >= 15 is 0 Å². The van der Waals surface area contributed by atoms with Crippen molar-refractivity contribution in [1.29, 1.82) is 0 Å². The van der Waals surface area contributed by atoms with E-state index in [9.17, 15) is 5.11 Å². The summed E-state index contributed by atoms with van der Waals surface area (Å²) in [6, 6.07) is 5.92. The van der Waals surface area contributed by atoms with E-state index in [1.54, 1.807) is 0 Å². The van der Waals surface area contributed by atoms with Gasteiger partial charge in [0.15, 0.2) is 0 Å². The van der Waals surface area contributed by atoms with E-state index in [1.165, 1.54) is 0 Å². The van der Waals surface area contributed by atoms with Crippen LogP contribution in [0.15, 0.2) is 22.7 Å². The quantitative estimate of drug-likeness (QED) is 0.612. The second-order valence-corrected chi connectivity index (χ2v) is 5.05. The molecule has 1 atom stereocenters. The van der Waals surface area contributed by atoms with Gasteiger partial charge in [0.25, 0.3) is 0 Å². The van der Waals surface area contributed by atoms with Crippen LogP contribution < -0.4 is 5.32 Å². The number of aliphatic hydroxyl groups is 1. The van der Waals surface area contributed by atoms with Gasteiger partial charge in [0.1, 0.15) is 0 Å². The second-order valence-electron chi connectivity index (χ2n) is 2.79. The lowest BCUT2D eigenvalue weighted by Crippen LogP contribution is -2.20. The predicted molar refractivity (Wildman–Crippen MR) is 72.1 cm³/mol. The highest BCUT2D eigenvalue weighted by Crippen LogP contribution is 2.27. The van der Waals surface area contributed by atoms with Crippen molar-refractivity contribution in [2.75, 3.05) is 17.7 Å². The smallest absolute Gasteiger partial charge is 0.0847 e. The van der Waals surface area contributed by atoms with Crippen LogP contribution in [0.4, 0.5) is 5.69 Å². The maximum absolute atomic E-state index is 9.27. The fraction of sp³-hybridized carbons (Fsp3) is 0.333. The molecule has 0 heterocycles. The van der Waals surface area contributed by atoms with Crippen LogP contribution in [0, 0.1) is 3.57 Å². The van der Waals surface area contributed by atoms with Gasteiger partial charge < -0.3 is 10.4 Å². The van der Waals surface area contributed by atoms with E-state index < -0.39 is 6.10 Å². The van der Waals surface area contributed by atoms with Gasteiger partial charge in [-0.25, -0.2) is 0 Å². The van der Waals surface area contributed by atoms with Crippen molar-refractivity contribution < 1.29 is 5.11 Å². The van der Waals surface area contributed by atoms with Gasteiger partial charge in [-0.3, -0.25) is 0 Å². The van der Waals surface area contributed by atoms with Gasteiger partial charge in [0, 0.05) is 15.8 Å². The minimum atomic E-state index is -0.513. The fourth-order valence-electron chi connectivity index (χ4n) is 0.923. The van der Waals surface area contributed by atoms with E-state index in [-0.39, 0.29) is 5.88 Å². The van der Waals surface area contributed by atoms with Crippen LogP contribution in [0.25, 0.3) is 0 Å². The first-order valence-corrected chi connectivity index (χ1v) is 6.47. The molecule has 1 unspecified atom stereocenters. The average Bonchev–Trinajstić information content (AvgIpc) is 2.20. The molecule has 0 fully saturated rings. The van der Waals surface area contributed by atoms with Crippen LogP contribution in [0.2, 0.25) is 0 Å². The highest BCUT2D eigenvalue weighted by molar-refractivity contribution is 14.1. The summed E-state index contributed by atoms with van der Waals surface area (Å²) in [6.45, 7) is 0.461. The number of nitrogens with one attached hydrogen (secondary N) is 1. The summed E-state index contributed by atoms with van der Waals surface area (Å²) >= 11 is 11.2. The molecule has 0 spiro atoms. The van der Waals surface area contributed by atoms with Gasteiger partial charge in [-0.1, -0.05) is 6.07 Å². The molecule has 0 saturated heterocycles. The van der Waals surface area contributed by atoms with Crippen molar-refractivity contribution in [1.82, 2.24) is 0 Å². The lowest BCUT2D eigenvalue weighted by Gasteiger charge is -2.12. The van der Waals surface area contributed by atoms with Gasteiger partial charge in [0.05, 0.1) is 16.5 Å². The minimum Gasteiger partial charge on any atom is -0.390 e. The van der Waals surface area contributed by atoms with Gasteiger partial charge in [0.2, 0.25) is 0 Å². The molecule has 0 aromatic heterocycles. The molecule has 1 aromatic rings. The van der Waals surface area contributed by atoms with Gasteiger partial charge in [-0.2, -0.15) is 0 Å². The van der Waals surface area contributed by atoms with Crippen LogP contribution >= 0.6 is 50.1 Å². The summed E-state index contributed by atoms with van der Waals surface area (Å²) in [5, 5.41) is 12.4. The minimum absolute atomic E-state index is 0.245. The van der Waals surface area contributed by atoms with E-state index in [1.807, 2.05) is 18.2 Å².